The summed E-state index contributed by atoms with van der Waals surface area (Å²) in [5.74, 6) is 0.667. The van der Waals surface area contributed by atoms with Gasteiger partial charge in [-0.25, -0.2) is 15.0 Å². The van der Waals surface area contributed by atoms with Crippen LogP contribution in [0.4, 0.5) is 0 Å². The van der Waals surface area contributed by atoms with Crippen molar-refractivity contribution in [1.82, 2.24) is 15.0 Å². The van der Waals surface area contributed by atoms with Gasteiger partial charge in [0.05, 0.1) is 22.6 Å². The zero-order valence-corrected chi connectivity index (χ0v) is 37.7. The van der Waals surface area contributed by atoms with Gasteiger partial charge in [0.15, 0.2) is 5.82 Å². The highest BCUT2D eigenvalue weighted by Crippen LogP contribution is 2.47. The molecule has 10 aromatic carbocycles. The summed E-state index contributed by atoms with van der Waals surface area (Å²) in [6.45, 7) is 0. The Kier molecular flexibility index (Phi) is 9.14. The van der Waals surface area contributed by atoms with Gasteiger partial charge < -0.3 is 8.83 Å². The molecule has 0 unspecified atom stereocenters. The van der Waals surface area contributed by atoms with Crippen molar-refractivity contribution in [3.8, 4) is 78.5 Å². The number of fused-ring (bicyclic) bond motifs is 9. The van der Waals surface area contributed by atoms with Crippen LogP contribution in [0, 0.1) is 0 Å². The maximum atomic E-state index is 6.70. The van der Waals surface area contributed by atoms with Gasteiger partial charge in [-0.2, -0.15) is 0 Å². The lowest BCUT2D eigenvalue weighted by molar-refractivity contribution is 0.669. The van der Waals surface area contributed by atoms with Crippen molar-refractivity contribution in [1.29, 1.82) is 0 Å². The molecule has 0 spiro atoms. The highest BCUT2D eigenvalue weighted by Gasteiger charge is 2.22. The number of aromatic nitrogens is 3. The van der Waals surface area contributed by atoms with Gasteiger partial charge in [-0.3, -0.25) is 0 Å². The topological polar surface area (TPSA) is 65.0 Å². The summed E-state index contributed by atoms with van der Waals surface area (Å²) < 4.78 is 13.1. The predicted octanol–water partition coefficient (Wildman–Crippen LogP) is 17.6. The SMILES string of the molecule is c1ccc(-c2nc(-c3ccc(-c4cccc5c4oc4ccccc45)cc3)cc(-c3cccc(-c4cccc(-c5c6c(cc7c(-c8ccccc8)nc8ccccc8c57)oc5ccccc56)c4)c3)n2)cc1. The average Bonchev–Trinajstić information content (AvgIpc) is 4.01. The fourth-order valence-corrected chi connectivity index (χ4v) is 10.4. The Balaban J connectivity index is 0.906. The molecular weight excluding hydrogens is 855 g/mol. The maximum Gasteiger partial charge on any atom is 0.160 e. The van der Waals surface area contributed by atoms with Crippen LogP contribution in [0.2, 0.25) is 0 Å². The molecule has 0 amide bonds. The van der Waals surface area contributed by atoms with E-state index in [-0.39, 0.29) is 0 Å². The first-order valence-corrected chi connectivity index (χ1v) is 23.6. The number of para-hydroxylation sites is 4. The van der Waals surface area contributed by atoms with Gasteiger partial charge in [0, 0.05) is 71.1 Å². The Morgan fingerprint density at radius 3 is 1.61 bits per heavy atom. The Bertz CT molecular complexity index is 4340. The number of hydrogen-bond acceptors (Lipinski definition) is 5. The van der Waals surface area contributed by atoms with Crippen LogP contribution < -0.4 is 0 Å². The van der Waals surface area contributed by atoms with Gasteiger partial charge in [0.2, 0.25) is 0 Å². The molecule has 0 fully saturated rings. The van der Waals surface area contributed by atoms with E-state index in [2.05, 4.69) is 194 Å². The third-order valence-electron chi connectivity index (χ3n) is 13.7. The highest BCUT2D eigenvalue weighted by molar-refractivity contribution is 6.28. The van der Waals surface area contributed by atoms with E-state index in [9.17, 15) is 0 Å². The molecule has 0 N–H and O–H groups in total. The molecule has 326 valence electrons. The number of benzene rings is 10. The van der Waals surface area contributed by atoms with Gasteiger partial charge in [-0.15, -0.1) is 0 Å². The van der Waals surface area contributed by atoms with Crippen LogP contribution in [0.15, 0.2) is 245 Å². The molecule has 5 heteroatoms. The van der Waals surface area contributed by atoms with Crippen molar-refractivity contribution in [2.75, 3.05) is 0 Å². The summed E-state index contributed by atoms with van der Waals surface area (Å²) in [6.07, 6.45) is 0. The van der Waals surface area contributed by atoms with Crippen molar-refractivity contribution in [2.45, 2.75) is 0 Å². The quantitative estimate of drug-likeness (QED) is 0.149. The lowest BCUT2D eigenvalue weighted by atomic mass is 9.88. The van der Waals surface area contributed by atoms with E-state index in [1.54, 1.807) is 0 Å². The second-order valence-electron chi connectivity index (χ2n) is 17.8. The zero-order valence-electron chi connectivity index (χ0n) is 37.7. The van der Waals surface area contributed by atoms with Crippen LogP contribution in [0.25, 0.3) is 144 Å². The summed E-state index contributed by atoms with van der Waals surface area (Å²) in [5.41, 5.74) is 17.5. The van der Waals surface area contributed by atoms with E-state index in [0.29, 0.717) is 5.82 Å². The third kappa shape index (κ3) is 6.59. The molecule has 0 saturated heterocycles. The molecule has 4 heterocycles. The minimum absolute atomic E-state index is 0.667. The second-order valence-corrected chi connectivity index (χ2v) is 17.8. The third-order valence-corrected chi connectivity index (χ3v) is 13.7. The molecule has 0 bridgehead atoms. The van der Waals surface area contributed by atoms with Gasteiger partial charge in [-0.05, 0) is 64.7 Å². The summed E-state index contributed by atoms with van der Waals surface area (Å²) in [6, 6.07) is 82.6. The average molecular weight is 894 g/mol. The highest BCUT2D eigenvalue weighted by atomic mass is 16.3. The number of pyridine rings is 1. The molecule has 0 aliphatic carbocycles. The zero-order chi connectivity index (χ0) is 46.1. The van der Waals surface area contributed by atoms with Crippen molar-refractivity contribution in [3.63, 3.8) is 0 Å². The Labute approximate surface area is 402 Å². The molecule has 14 aromatic rings. The molecule has 70 heavy (non-hydrogen) atoms. The van der Waals surface area contributed by atoms with Crippen molar-refractivity contribution < 1.29 is 8.83 Å². The number of hydrogen-bond donors (Lipinski definition) is 0. The predicted molar refractivity (Wildman–Crippen MR) is 287 cm³/mol. The lowest BCUT2D eigenvalue weighted by Crippen LogP contribution is -1.96. The molecule has 5 nitrogen and oxygen atoms in total. The largest absolute Gasteiger partial charge is 0.456 e. The Morgan fingerprint density at radius 1 is 0.286 bits per heavy atom. The van der Waals surface area contributed by atoms with Crippen LogP contribution in [0.1, 0.15) is 0 Å². The number of rotatable bonds is 7. The molecule has 4 aromatic heterocycles. The Morgan fingerprint density at radius 2 is 0.843 bits per heavy atom. The second kappa shape index (κ2) is 16.1. The molecule has 14 rings (SSSR count). The number of furan rings is 2. The monoisotopic (exact) mass is 893 g/mol. The van der Waals surface area contributed by atoms with E-state index < -0.39 is 0 Å². The summed E-state index contributed by atoms with van der Waals surface area (Å²) in [7, 11) is 0. The maximum absolute atomic E-state index is 6.70. The molecule has 0 saturated carbocycles. The lowest BCUT2D eigenvalue weighted by Gasteiger charge is -2.16. The first-order valence-electron chi connectivity index (χ1n) is 23.6. The van der Waals surface area contributed by atoms with Crippen LogP contribution >= 0.6 is 0 Å². The van der Waals surface area contributed by atoms with E-state index in [0.717, 1.165) is 138 Å². The summed E-state index contributed by atoms with van der Waals surface area (Å²) in [5, 5.41) is 7.69. The standard InChI is InChI=1S/C65H39N3O2/c1-3-16-42(17-4-1)63-53-38-59-62(52-26-9-12-31-58(52)69-59)60(61(53)51-25-7-10-29-54(51)66-63)47-23-14-21-45(37-47)44-20-13-22-46(36-44)56-39-55(67-65(68-56)43-18-5-2-6-19-43)41-34-32-40(33-35-41)48-27-15-28-50-49-24-8-11-30-57(49)70-64(48)50/h1-39H. The van der Waals surface area contributed by atoms with Gasteiger partial charge in [0.25, 0.3) is 0 Å². The summed E-state index contributed by atoms with van der Waals surface area (Å²) in [4.78, 5) is 15.7. The molecular formula is C65H39N3O2. The van der Waals surface area contributed by atoms with Gasteiger partial charge in [0.1, 0.15) is 22.3 Å². The van der Waals surface area contributed by atoms with Gasteiger partial charge in [-0.1, -0.05) is 194 Å². The fourth-order valence-electron chi connectivity index (χ4n) is 10.4. The first-order chi connectivity index (χ1) is 34.7. The number of nitrogens with zero attached hydrogens (tertiary/aromatic N) is 3. The molecule has 0 atom stereocenters. The summed E-state index contributed by atoms with van der Waals surface area (Å²) >= 11 is 0. The smallest absolute Gasteiger partial charge is 0.160 e. The van der Waals surface area contributed by atoms with Gasteiger partial charge >= 0.3 is 0 Å². The van der Waals surface area contributed by atoms with Crippen LogP contribution in [-0.4, -0.2) is 15.0 Å². The minimum Gasteiger partial charge on any atom is -0.456 e. The molecule has 0 aliphatic heterocycles. The van der Waals surface area contributed by atoms with Crippen molar-refractivity contribution >= 4 is 65.6 Å². The van der Waals surface area contributed by atoms with Crippen LogP contribution in [-0.2, 0) is 0 Å². The molecule has 0 radical (unpaired) electrons. The van der Waals surface area contributed by atoms with E-state index >= 15 is 0 Å². The normalized spacial score (nSPS) is 11.7. The van der Waals surface area contributed by atoms with E-state index in [4.69, 9.17) is 23.8 Å². The van der Waals surface area contributed by atoms with E-state index in [1.807, 2.05) is 42.5 Å². The van der Waals surface area contributed by atoms with Crippen LogP contribution in [0.5, 0.6) is 0 Å². The van der Waals surface area contributed by atoms with Crippen molar-refractivity contribution in [2.24, 2.45) is 0 Å². The molecule has 0 aliphatic rings. The van der Waals surface area contributed by atoms with Crippen LogP contribution in [0.3, 0.4) is 0 Å². The fraction of sp³-hybridized carbons (Fsp3) is 0. The minimum atomic E-state index is 0.667. The van der Waals surface area contributed by atoms with E-state index in [1.165, 1.54) is 0 Å². The first kappa shape index (κ1) is 39.7. The Hall–Kier alpha value is -9.45. The van der Waals surface area contributed by atoms with Crippen molar-refractivity contribution in [3.05, 3.63) is 237 Å².